The maximum Gasteiger partial charge on any atom is 0.224 e. The van der Waals surface area contributed by atoms with Crippen molar-refractivity contribution in [3.8, 4) is 5.75 Å². The van der Waals surface area contributed by atoms with E-state index in [9.17, 15) is 9.90 Å². The van der Waals surface area contributed by atoms with Crippen LogP contribution in [0.15, 0.2) is 48.7 Å². The number of phenols is 1. The lowest BCUT2D eigenvalue weighted by molar-refractivity contribution is -0.120. The summed E-state index contributed by atoms with van der Waals surface area (Å²) in [6, 6.07) is 13.1. The van der Waals surface area contributed by atoms with Crippen LogP contribution in [0.25, 0.3) is 10.9 Å². The quantitative estimate of drug-likeness (QED) is 0.471. The van der Waals surface area contributed by atoms with Gasteiger partial charge in [0.1, 0.15) is 5.75 Å². The van der Waals surface area contributed by atoms with Gasteiger partial charge in [0.15, 0.2) is 0 Å². The first-order valence-electron chi connectivity index (χ1n) is 11.1. The number of pyridine rings is 1. The van der Waals surface area contributed by atoms with E-state index in [-0.39, 0.29) is 11.7 Å². The van der Waals surface area contributed by atoms with Gasteiger partial charge in [-0.25, -0.2) is 0 Å². The second kappa shape index (κ2) is 10.4. The number of morpholine rings is 1. The lowest BCUT2D eigenvalue weighted by Crippen LogP contribution is -2.38. The highest BCUT2D eigenvalue weighted by atomic mass is 16.5. The van der Waals surface area contributed by atoms with Gasteiger partial charge in [0, 0.05) is 48.7 Å². The van der Waals surface area contributed by atoms with Crippen molar-refractivity contribution in [1.82, 2.24) is 15.2 Å². The molecule has 2 aromatic carbocycles. The Bertz CT molecular complexity index is 1080. The van der Waals surface area contributed by atoms with Crippen LogP contribution in [0.4, 0.5) is 11.4 Å². The number of benzene rings is 2. The summed E-state index contributed by atoms with van der Waals surface area (Å²) in [5.74, 6) is 0.232. The van der Waals surface area contributed by atoms with E-state index in [0.717, 1.165) is 72.7 Å². The van der Waals surface area contributed by atoms with Crippen LogP contribution in [-0.2, 0) is 16.0 Å². The number of nitrogens with one attached hydrogen (secondary N) is 2. The molecule has 0 unspecified atom stereocenters. The molecule has 3 aromatic rings. The van der Waals surface area contributed by atoms with Crippen LogP contribution >= 0.6 is 0 Å². The van der Waals surface area contributed by atoms with Gasteiger partial charge in [0.2, 0.25) is 5.91 Å². The van der Waals surface area contributed by atoms with Gasteiger partial charge in [-0.1, -0.05) is 12.1 Å². The van der Waals surface area contributed by atoms with E-state index >= 15 is 0 Å². The molecule has 32 heavy (non-hydrogen) atoms. The largest absolute Gasteiger partial charge is 0.508 e. The van der Waals surface area contributed by atoms with E-state index in [0.29, 0.717) is 13.0 Å². The molecule has 0 bridgehead atoms. The molecule has 1 amide bonds. The van der Waals surface area contributed by atoms with Gasteiger partial charge < -0.3 is 20.5 Å². The number of rotatable bonds is 8. The number of ether oxygens (including phenoxy) is 1. The number of nitrogens with zero attached hydrogens (tertiary/aromatic N) is 2. The highest BCUT2D eigenvalue weighted by Gasteiger charge is 2.11. The molecule has 7 heteroatoms. The highest BCUT2D eigenvalue weighted by Crippen LogP contribution is 2.29. The topological polar surface area (TPSA) is 86.7 Å². The Balaban J connectivity index is 1.38. The van der Waals surface area contributed by atoms with Crippen LogP contribution in [0, 0.1) is 6.92 Å². The van der Waals surface area contributed by atoms with Crippen LogP contribution in [-0.4, -0.2) is 60.3 Å². The van der Waals surface area contributed by atoms with Gasteiger partial charge >= 0.3 is 0 Å². The number of anilines is 2. The fraction of sp³-hybridized carbons (Fsp3) is 0.360. The lowest BCUT2D eigenvalue weighted by Gasteiger charge is -2.26. The van der Waals surface area contributed by atoms with E-state index in [1.165, 1.54) is 0 Å². The number of aromatic nitrogens is 1. The number of hydrogen-bond acceptors (Lipinski definition) is 6. The fourth-order valence-corrected chi connectivity index (χ4v) is 3.91. The minimum absolute atomic E-state index is 0.0218. The summed E-state index contributed by atoms with van der Waals surface area (Å²) in [6.45, 7) is 7.18. The third-order valence-electron chi connectivity index (χ3n) is 5.74. The molecule has 7 nitrogen and oxygen atoms in total. The van der Waals surface area contributed by atoms with Gasteiger partial charge in [-0.3, -0.25) is 14.7 Å². The Morgan fingerprint density at radius 2 is 1.97 bits per heavy atom. The average molecular weight is 435 g/mol. The van der Waals surface area contributed by atoms with Gasteiger partial charge in [-0.2, -0.15) is 0 Å². The molecule has 4 rings (SSSR count). The Morgan fingerprint density at radius 1 is 1.12 bits per heavy atom. The van der Waals surface area contributed by atoms with Crippen LogP contribution < -0.4 is 10.6 Å². The zero-order valence-electron chi connectivity index (χ0n) is 18.4. The van der Waals surface area contributed by atoms with Crippen molar-refractivity contribution in [3.05, 3.63) is 59.8 Å². The Kier molecular flexibility index (Phi) is 7.19. The average Bonchev–Trinajstić information content (AvgIpc) is 2.80. The van der Waals surface area contributed by atoms with Crippen LogP contribution in [0.1, 0.15) is 17.5 Å². The number of fused-ring (bicyclic) bond motifs is 1. The van der Waals surface area contributed by atoms with E-state index < -0.39 is 0 Å². The number of aryl methyl sites for hydroxylation is 1. The molecule has 1 fully saturated rings. The van der Waals surface area contributed by atoms with Crippen molar-refractivity contribution in [1.29, 1.82) is 0 Å². The molecule has 0 spiro atoms. The second-order valence-corrected chi connectivity index (χ2v) is 8.17. The molecule has 0 atom stereocenters. The number of amides is 1. The van der Waals surface area contributed by atoms with Gasteiger partial charge in [-0.05, 0) is 55.3 Å². The monoisotopic (exact) mass is 434 g/mol. The van der Waals surface area contributed by atoms with Gasteiger partial charge in [0.25, 0.3) is 0 Å². The molecule has 1 aliphatic heterocycles. The van der Waals surface area contributed by atoms with E-state index in [4.69, 9.17) is 4.74 Å². The Hall–Kier alpha value is -3.16. The zero-order valence-corrected chi connectivity index (χ0v) is 18.4. The van der Waals surface area contributed by atoms with E-state index in [1.54, 1.807) is 18.3 Å². The molecular formula is C25H30N4O3. The first-order valence-corrected chi connectivity index (χ1v) is 11.1. The predicted molar refractivity (Wildman–Crippen MR) is 126 cm³/mol. The third-order valence-corrected chi connectivity index (χ3v) is 5.74. The number of carbonyl (C=O) groups excluding carboxylic acids is 1. The molecule has 0 radical (unpaired) electrons. The van der Waals surface area contributed by atoms with Gasteiger partial charge in [-0.15, -0.1) is 0 Å². The minimum atomic E-state index is 0.0218. The van der Waals surface area contributed by atoms with Crippen molar-refractivity contribution in [2.75, 3.05) is 44.7 Å². The van der Waals surface area contributed by atoms with Crippen molar-refractivity contribution in [2.24, 2.45) is 0 Å². The Labute approximate surface area is 188 Å². The first kappa shape index (κ1) is 22.0. The molecule has 168 valence electrons. The van der Waals surface area contributed by atoms with Crippen LogP contribution in [0.5, 0.6) is 5.75 Å². The van der Waals surface area contributed by atoms with Gasteiger partial charge in [0.05, 0.1) is 25.2 Å². The summed E-state index contributed by atoms with van der Waals surface area (Å²) >= 11 is 0. The van der Waals surface area contributed by atoms with E-state index in [2.05, 4.69) is 20.5 Å². The molecule has 1 saturated heterocycles. The smallest absolute Gasteiger partial charge is 0.224 e. The zero-order chi connectivity index (χ0) is 22.3. The summed E-state index contributed by atoms with van der Waals surface area (Å²) in [5, 5.41) is 17.2. The fourth-order valence-electron chi connectivity index (χ4n) is 3.91. The summed E-state index contributed by atoms with van der Waals surface area (Å²) in [7, 11) is 0. The SMILES string of the molecule is Cc1ccc(O)cc1Nc1ccnc2ccc(CC(=O)NCCCN3CCOCC3)cc12. The minimum Gasteiger partial charge on any atom is -0.508 e. The number of carbonyl (C=O) groups is 1. The van der Waals surface area contributed by atoms with Crippen molar-refractivity contribution < 1.29 is 14.6 Å². The summed E-state index contributed by atoms with van der Waals surface area (Å²) in [4.78, 5) is 19.3. The highest BCUT2D eigenvalue weighted by molar-refractivity contribution is 5.94. The lowest BCUT2D eigenvalue weighted by atomic mass is 10.1. The summed E-state index contributed by atoms with van der Waals surface area (Å²) < 4.78 is 5.36. The standard InChI is InChI=1S/C25H30N4O3/c1-18-3-5-20(30)17-24(18)28-23-7-9-26-22-6-4-19(15-21(22)23)16-25(31)27-8-2-10-29-11-13-32-14-12-29/h3-7,9,15,17,30H,2,8,10-14,16H2,1H3,(H,26,28)(H,27,31). The van der Waals surface area contributed by atoms with Crippen LogP contribution in [0.2, 0.25) is 0 Å². The van der Waals surface area contributed by atoms with Crippen LogP contribution in [0.3, 0.4) is 0 Å². The second-order valence-electron chi connectivity index (χ2n) is 8.17. The number of aromatic hydroxyl groups is 1. The van der Waals surface area contributed by atoms with Crippen molar-refractivity contribution >= 4 is 28.2 Å². The first-order chi connectivity index (χ1) is 15.6. The van der Waals surface area contributed by atoms with Crippen molar-refractivity contribution in [2.45, 2.75) is 19.8 Å². The summed E-state index contributed by atoms with van der Waals surface area (Å²) in [5.41, 5.74) is 4.53. The molecule has 1 aliphatic rings. The van der Waals surface area contributed by atoms with E-state index in [1.807, 2.05) is 37.3 Å². The third kappa shape index (κ3) is 5.75. The Morgan fingerprint density at radius 3 is 2.81 bits per heavy atom. The predicted octanol–water partition coefficient (Wildman–Crippen LogP) is 3.37. The number of hydrogen-bond donors (Lipinski definition) is 3. The summed E-state index contributed by atoms with van der Waals surface area (Å²) in [6.07, 6.45) is 3.02. The maximum absolute atomic E-state index is 12.5. The molecule has 1 aromatic heterocycles. The number of phenolic OH excluding ortho intramolecular Hbond substituents is 1. The molecule has 2 heterocycles. The molecule has 0 aliphatic carbocycles. The normalized spacial score (nSPS) is 14.4. The maximum atomic E-state index is 12.5. The van der Waals surface area contributed by atoms with Crippen molar-refractivity contribution in [3.63, 3.8) is 0 Å². The molecule has 3 N–H and O–H groups in total. The molecular weight excluding hydrogens is 404 g/mol. The molecule has 0 saturated carbocycles.